The first kappa shape index (κ1) is 29.0. The van der Waals surface area contributed by atoms with Crippen molar-refractivity contribution in [1.82, 2.24) is 4.90 Å². The smallest absolute Gasteiger partial charge is 0.258 e. The molecule has 7 rings (SSSR count). The number of hydrogen-bond acceptors (Lipinski definition) is 7. The lowest BCUT2D eigenvalue weighted by Crippen LogP contribution is -2.60. The van der Waals surface area contributed by atoms with Crippen molar-refractivity contribution < 1.29 is 33.4 Å². The van der Waals surface area contributed by atoms with Gasteiger partial charge >= 0.3 is 0 Å². The molecule has 6 atom stereocenters. The van der Waals surface area contributed by atoms with Crippen LogP contribution in [0, 0.1) is 23.6 Å². The van der Waals surface area contributed by atoms with Crippen molar-refractivity contribution in [3.05, 3.63) is 87.9 Å². The zero-order chi connectivity index (χ0) is 31.1. The Hall–Kier alpha value is -3.73. The molecule has 0 radical (unpaired) electrons. The third-order valence-electron chi connectivity index (χ3n) is 9.42. The Morgan fingerprint density at radius 1 is 1.02 bits per heavy atom. The monoisotopic (exact) mass is 654 g/mol. The minimum absolute atomic E-state index is 0.0990. The Balaban J connectivity index is 1.39. The first-order valence-electron chi connectivity index (χ1n) is 14.0. The van der Waals surface area contributed by atoms with Gasteiger partial charge in [-0.25, -0.2) is 9.29 Å². The summed E-state index contributed by atoms with van der Waals surface area (Å²) in [7, 11) is 1.38. The molecule has 226 valence electrons. The van der Waals surface area contributed by atoms with Gasteiger partial charge in [0.25, 0.3) is 11.8 Å². The molecule has 1 aromatic heterocycles. The number of carbonyl (C=O) groups is 4. The number of rotatable bonds is 5. The first-order valence-corrected chi connectivity index (χ1v) is 15.6. The van der Waals surface area contributed by atoms with Crippen molar-refractivity contribution in [2.45, 2.75) is 35.1 Å². The summed E-state index contributed by atoms with van der Waals surface area (Å²) in [6.45, 7) is 0.143. The highest BCUT2D eigenvalue weighted by molar-refractivity contribution is 7.09. The van der Waals surface area contributed by atoms with Gasteiger partial charge in [-0.1, -0.05) is 23.8 Å². The number of thiophene rings is 1. The fourth-order valence-corrected chi connectivity index (χ4v) is 9.05. The molecular formula is C32H25Cl2FN2O6S. The van der Waals surface area contributed by atoms with Crippen LogP contribution < -0.4 is 9.64 Å². The molecule has 12 heteroatoms. The average Bonchev–Trinajstić information content (AvgIpc) is 3.65. The fourth-order valence-electron chi connectivity index (χ4n) is 7.43. The highest BCUT2D eigenvalue weighted by Gasteiger charge is 2.76. The minimum atomic E-state index is -2.07. The van der Waals surface area contributed by atoms with Crippen LogP contribution in [0.2, 0.25) is 0 Å². The topological polar surface area (TPSA) is 104 Å². The van der Waals surface area contributed by atoms with Crippen LogP contribution in [0.25, 0.3) is 0 Å². The van der Waals surface area contributed by atoms with Crippen LogP contribution in [-0.2, 0) is 25.7 Å². The molecule has 0 unspecified atom stereocenters. The number of allylic oxidation sites excluding steroid dienone is 2. The number of methoxy groups -OCH3 is 1. The maximum Gasteiger partial charge on any atom is 0.258 e. The van der Waals surface area contributed by atoms with E-state index in [0.717, 1.165) is 21.9 Å². The molecule has 2 aliphatic heterocycles. The number of nitrogens with zero attached hydrogens (tertiary/aromatic N) is 2. The van der Waals surface area contributed by atoms with E-state index >= 15 is 0 Å². The predicted octanol–water partition coefficient (Wildman–Crippen LogP) is 5.37. The summed E-state index contributed by atoms with van der Waals surface area (Å²) in [5.74, 6) is -6.04. The van der Waals surface area contributed by atoms with Crippen LogP contribution in [0.15, 0.2) is 71.6 Å². The molecule has 1 N–H and O–H groups in total. The summed E-state index contributed by atoms with van der Waals surface area (Å²) >= 11 is 16.1. The third kappa shape index (κ3) is 3.87. The number of fused-ring (bicyclic) bond motifs is 4. The van der Waals surface area contributed by atoms with Crippen LogP contribution >= 0.6 is 34.5 Å². The van der Waals surface area contributed by atoms with Crippen molar-refractivity contribution in [3.8, 4) is 11.5 Å². The van der Waals surface area contributed by atoms with Crippen LogP contribution in [0.3, 0.4) is 0 Å². The molecule has 8 nitrogen and oxygen atoms in total. The predicted molar refractivity (Wildman–Crippen MR) is 161 cm³/mol. The number of carbonyl (C=O) groups excluding carboxylic acids is 4. The molecule has 0 spiro atoms. The van der Waals surface area contributed by atoms with E-state index in [0.29, 0.717) is 11.1 Å². The maximum atomic E-state index is 14.4. The van der Waals surface area contributed by atoms with Gasteiger partial charge in [-0.15, -0.1) is 34.5 Å². The number of ether oxygens (including phenoxy) is 1. The quantitative estimate of drug-likeness (QED) is 0.226. The third-order valence-corrected chi connectivity index (χ3v) is 11.7. The highest BCUT2D eigenvalue weighted by atomic mass is 35.5. The summed E-state index contributed by atoms with van der Waals surface area (Å²) in [4.78, 5) is 55.1. The number of anilines is 1. The van der Waals surface area contributed by atoms with Gasteiger partial charge in [-0.05, 0) is 72.2 Å². The number of amides is 4. The molecule has 4 aliphatic rings. The molecule has 44 heavy (non-hydrogen) atoms. The Morgan fingerprint density at radius 2 is 1.77 bits per heavy atom. The van der Waals surface area contributed by atoms with E-state index in [1.165, 1.54) is 47.6 Å². The maximum absolute atomic E-state index is 14.4. The van der Waals surface area contributed by atoms with E-state index in [1.54, 1.807) is 6.07 Å². The molecule has 2 aromatic carbocycles. The van der Waals surface area contributed by atoms with Crippen molar-refractivity contribution in [3.63, 3.8) is 0 Å². The van der Waals surface area contributed by atoms with Crippen molar-refractivity contribution in [2.24, 2.45) is 17.8 Å². The lowest BCUT2D eigenvalue weighted by atomic mass is 9.56. The van der Waals surface area contributed by atoms with Crippen LogP contribution in [0.5, 0.6) is 11.5 Å². The van der Waals surface area contributed by atoms with Crippen molar-refractivity contribution in [1.29, 1.82) is 0 Å². The van der Waals surface area contributed by atoms with E-state index in [4.69, 9.17) is 27.9 Å². The molecule has 2 aliphatic carbocycles. The van der Waals surface area contributed by atoms with Crippen molar-refractivity contribution >= 4 is 63.9 Å². The van der Waals surface area contributed by atoms with Gasteiger partial charge in [0.1, 0.15) is 5.82 Å². The number of phenols is 1. The van der Waals surface area contributed by atoms with Crippen molar-refractivity contribution in [2.75, 3.05) is 12.0 Å². The molecule has 3 heterocycles. The molecule has 3 aromatic rings. The van der Waals surface area contributed by atoms with E-state index < -0.39 is 51.1 Å². The second kappa shape index (κ2) is 10.2. The number of phenolic OH excluding ortho intramolecular Hbond substituents is 1. The van der Waals surface area contributed by atoms with Gasteiger partial charge in [0, 0.05) is 10.8 Å². The molecule has 0 bridgehead atoms. The van der Waals surface area contributed by atoms with E-state index in [-0.39, 0.29) is 48.4 Å². The second-order valence-electron chi connectivity index (χ2n) is 11.5. The molecule has 1 saturated carbocycles. The van der Waals surface area contributed by atoms with Gasteiger partial charge in [-0.3, -0.25) is 24.1 Å². The van der Waals surface area contributed by atoms with Crippen LogP contribution in [-0.4, -0.2) is 50.5 Å². The number of imide groups is 2. The van der Waals surface area contributed by atoms with Crippen LogP contribution in [0.1, 0.15) is 29.2 Å². The molecule has 4 amide bonds. The fraction of sp³-hybridized carbons (Fsp3) is 0.312. The summed E-state index contributed by atoms with van der Waals surface area (Å²) in [5.41, 5.74) is 1.15. The lowest BCUT2D eigenvalue weighted by molar-refractivity contribution is -0.141. The zero-order valence-corrected chi connectivity index (χ0v) is 25.5. The number of benzene rings is 2. The SMILES string of the molecule is COc1cc([C@H]2C3=CC[C@@H]4C(=O)N(Cc5cccs5)C(=O)[C@@H]4[C@@H]3C[C@@]3(Cl)C(=O)N(c4ccc(F)cc4)C(=O)[C@@]23Cl)ccc1O. The summed E-state index contributed by atoms with van der Waals surface area (Å²) < 4.78 is 19.2. The summed E-state index contributed by atoms with van der Waals surface area (Å²) in [5, 5.41) is 12.2. The minimum Gasteiger partial charge on any atom is -0.504 e. The normalized spacial score (nSPS) is 31.1. The van der Waals surface area contributed by atoms with Gasteiger partial charge in [0.2, 0.25) is 11.8 Å². The Morgan fingerprint density at radius 3 is 2.45 bits per heavy atom. The summed E-state index contributed by atoms with van der Waals surface area (Å²) in [6, 6.07) is 13.0. The first-order chi connectivity index (χ1) is 21.0. The molecular weight excluding hydrogens is 630 g/mol. The van der Waals surface area contributed by atoms with E-state index in [9.17, 15) is 28.7 Å². The molecule has 2 saturated heterocycles. The zero-order valence-electron chi connectivity index (χ0n) is 23.2. The number of aromatic hydroxyl groups is 1. The average molecular weight is 656 g/mol. The number of alkyl halides is 2. The van der Waals surface area contributed by atoms with Crippen LogP contribution in [0.4, 0.5) is 10.1 Å². The summed E-state index contributed by atoms with van der Waals surface area (Å²) in [6.07, 6.45) is 1.90. The number of likely N-dealkylation sites (tertiary alicyclic amines) is 1. The number of halogens is 3. The van der Waals surface area contributed by atoms with Gasteiger partial charge in [0.05, 0.1) is 31.2 Å². The Labute approximate surface area is 265 Å². The van der Waals surface area contributed by atoms with Gasteiger partial charge in [0.15, 0.2) is 21.2 Å². The van der Waals surface area contributed by atoms with E-state index in [1.807, 2.05) is 23.6 Å². The van der Waals surface area contributed by atoms with E-state index in [2.05, 4.69) is 0 Å². The Kier molecular flexibility index (Phi) is 6.69. The van der Waals surface area contributed by atoms with Gasteiger partial charge in [-0.2, -0.15) is 0 Å². The highest BCUT2D eigenvalue weighted by Crippen LogP contribution is 2.66. The Bertz CT molecular complexity index is 1760. The second-order valence-corrected chi connectivity index (χ2v) is 13.8. The lowest BCUT2D eigenvalue weighted by Gasteiger charge is -2.50. The molecule has 3 fully saturated rings. The largest absolute Gasteiger partial charge is 0.504 e. The van der Waals surface area contributed by atoms with Gasteiger partial charge < -0.3 is 9.84 Å². The number of hydrogen-bond donors (Lipinski definition) is 1. The standard InChI is InChI=1S/C32H25Cl2FN2O6S/c1-43-24-13-16(4-11-23(24)38)26-20-9-10-21-25(28(40)36(27(21)39)15-19-3-2-12-44-19)22(20)14-31(33)29(41)37(30(42)32(26,31)34)18-7-5-17(35)6-8-18/h2-9,11-13,21-22,25-26,38H,10,14-15H2,1H3/t21-,22+,25-,26-,31+,32-/m0/s1.